The number of hydrogen-bond acceptors (Lipinski definition) is 15. The molecule has 9 rings (SSSR count). The molecule has 2 fully saturated rings. The Morgan fingerprint density at radius 1 is 0.423 bits per heavy atom. The van der Waals surface area contributed by atoms with Gasteiger partial charge in [-0.15, -0.1) is 0 Å². The van der Waals surface area contributed by atoms with Crippen molar-refractivity contribution in [1.29, 1.82) is 0 Å². The molecule has 0 bridgehead atoms. The topological polar surface area (TPSA) is 248 Å². The minimum Gasteiger partial charge on any atom is -0.491 e. The summed E-state index contributed by atoms with van der Waals surface area (Å²) in [5.74, 6) is -25.2. The van der Waals surface area contributed by atoms with E-state index in [1.165, 1.54) is 38.8 Å². The summed E-state index contributed by atoms with van der Waals surface area (Å²) < 4.78 is 362. The Labute approximate surface area is 590 Å². The number of nitrogens with zero attached hydrogens (tertiary/aromatic N) is 3. The molecule has 7 aromatic carbocycles. The maximum Gasteiger partial charge on any atom is 0.460 e. The highest BCUT2D eigenvalue weighted by molar-refractivity contribution is 8.11. The van der Waals surface area contributed by atoms with Gasteiger partial charge in [-0.3, -0.25) is 12.6 Å². The van der Waals surface area contributed by atoms with Crippen LogP contribution in [0.4, 0.5) is 79.0 Å². The molecule has 0 unspecified atom stereocenters. The quantitative estimate of drug-likeness (QED) is 0.0229. The van der Waals surface area contributed by atoms with E-state index in [4.69, 9.17) is 19.3 Å². The Hall–Kier alpha value is -6.48. The highest BCUT2D eigenvalue weighted by Crippen LogP contribution is 2.57. The smallest absolute Gasteiger partial charge is 0.460 e. The summed E-state index contributed by atoms with van der Waals surface area (Å²) in [5.41, 5.74) is 1.40. The Balaban J connectivity index is 0.000000266. The third-order valence-corrected chi connectivity index (χ3v) is 23.7. The van der Waals surface area contributed by atoms with Crippen molar-refractivity contribution in [2.24, 2.45) is 0 Å². The molecule has 580 valence electrons. The van der Waals surface area contributed by atoms with E-state index in [1.54, 1.807) is 54.6 Å². The van der Waals surface area contributed by atoms with Gasteiger partial charge in [0.2, 0.25) is 20.6 Å². The van der Waals surface area contributed by atoms with Gasteiger partial charge in [-0.2, -0.15) is 79.0 Å². The molecule has 0 radical (unpaired) electrons. The zero-order chi connectivity index (χ0) is 78.2. The molecule has 2 saturated heterocycles. The molecule has 0 aromatic heterocycles. The predicted molar refractivity (Wildman–Crippen MR) is 351 cm³/mol. The fourth-order valence-corrected chi connectivity index (χ4v) is 17.3. The van der Waals surface area contributed by atoms with Crippen molar-refractivity contribution >= 4 is 94.7 Å². The van der Waals surface area contributed by atoms with E-state index < -0.39 is 124 Å². The number of hydrogen-bond donors (Lipinski definition) is 1. The third kappa shape index (κ3) is 22.6. The first-order valence-corrected chi connectivity index (χ1v) is 38.6. The van der Waals surface area contributed by atoms with Crippen LogP contribution in [0.3, 0.4) is 0 Å². The number of sulfonamides is 2. The largest absolute Gasteiger partial charge is 0.491 e. The van der Waals surface area contributed by atoms with Gasteiger partial charge in [0.05, 0.1) is 41.0 Å². The van der Waals surface area contributed by atoms with Gasteiger partial charge in [0.1, 0.15) is 55.1 Å². The summed E-state index contributed by atoms with van der Waals surface area (Å²) in [4.78, 5) is 1.09. The summed E-state index contributed by atoms with van der Waals surface area (Å²) in [6.45, 7) is -2.14. The van der Waals surface area contributed by atoms with Crippen LogP contribution in [0.5, 0.6) is 17.2 Å². The van der Waals surface area contributed by atoms with Gasteiger partial charge in [0.15, 0.2) is 24.9 Å². The van der Waals surface area contributed by atoms with Crippen LogP contribution in [0.25, 0.3) is 40.6 Å². The van der Waals surface area contributed by atoms with Crippen molar-refractivity contribution < 1.29 is 149 Å². The molecule has 0 aliphatic carbocycles. The van der Waals surface area contributed by atoms with Crippen LogP contribution in [0.15, 0.2) is 157 Å². The first-order chi connectivity index (χ1) is 47.9. The van der Waals surface area contributed by atoms with E-state index in [-0.39, 0.29) is 29.0 Å². The number of halogens is 18. The second-order valence-corrected chi connectivity index (χ2v) is 33.1. The molecule has 1 N–H and O–H groups in total. The lowest BCUT2D eigenvalue weighted by atomic mass is 10.1. The molecular weight excluding hydrogens is 1560 g/mol. The van der Waals surface area contributed by atoms with Gasteiger partial charge >= 0.3 is 46.6 Å². The highest BCUT2D eigenvalue weighted by Gasteiger charge is 2.85. The predicted octanol–water partition coefficient (Wildman–Crippen LogP) is 14.6. The Morgan fingerprint density at radius 2 is 0.779 bits per heavy atom. The lowest BCUT2D eigenvalue weighted by Crippen LogP contribution is -2.63. The number of quaternary nitrogens is 1. The van der Waals surface area contributed by atoms with Crippen molar-refractivity contribution in [2.45, 2.75) is 83.7 Å². The fourth-order valence-electron chi connectivity index (χ4n) is 9.06. The van der Waals surface area contributed by atoms with Gasteiger partial charge in [-0.25, -0.2) is 33.7 Å². The number of ether oxygens (including phenoxy) is 3. The monoisotopic (exact) mass is 1630 g/mol. The lowest BCUT2D eigenvalue weighted by molar-refractivity contribution is -0.884. The Morgan fingerprint density at radius 3 is 1.15 bits per heavy atom. The summed E-state index contributed by atoms with van der Waals surface area (Å²) in [6, 6.07) is 46.2. The highest BCUT2D eigenvalue weighted by atomic mass is 32.3. The Kier molecular flexibility index (Phi) is 30.1. The Bertz CT molecular complexity index is 4460. The molecule has 42 heteroatoms. The lowest BCUT2D eigenvalue weighted by Gasteiger charge is -2.36. The van der Waals surface area contributed by atoms with Gasteiger partial charge in [-0.1, -0.05) is 121 Å². The molecule has 7 aromatic rings. The van der Waals surface area contributed by atoms with Gasteiger partial charge in [-0.05, 0) is 66.8 Å². The molecule has 2 aliphatic heterocycles. The van der Waals surface area contributed by atoms with Crippen molar-refractivity contribution in [2.75, 3.05) is 83.8 Å². The number of benzene rings is 7. The zero-order valence-electron chi connectivity index (χ0n) is 54.3. The SMILES string of the molecule is C[N+](C)(C)Cc1ccccc1.O=S(=O)([N-]S(=O)(=O)C(F)(F)C(F)(F)C(F)(F)C(F)(F)F)OCCOc1ccc([S+]2CCCC2)c2ccccc12.O=S(=O)([N-]S(=O)(=O)C(F)(F)C(F)(F)C(F)(F)C(F)(F)F)OCCOc1cccc2ccccc12.O=S1CCCC1.OCCOc1cccc2ccccc12. The number of fused-ring (bicyclic) bond motifs is 3. The van der Waals surface area contributed by atoms with E-state index in [9.17, 15) is 117 Å². The molecule has 2 heterocycles. The van der Waals surface area contributed by atoms with Crippen molar-refractivity contribution in [1.82, 2.24) is 0 Å². The van der Waals surface area contributed by atoms with Gasteiger partial charge in [0, 0.05) is 60.3 Å². The van der Waals surface area contributed by atoms with Crippen LogP contribution in [0.1, 0.15) is 31.2 Å². The van der Waals surface area contributed by atoms with Gasteiger partial charge < -0.3 is 32.1 Å². The first-order valence-electron chi connectivity index (χ1n) is 29.9. The molecule has 104 heavy (non-hydrogen) atoms. The van der Waals surface area contributed by atoms with Crippen LogP contribution in [0.2, 0.25) is 0 Å². The number of alkyl halides is 18. The van der Waals surface area contributed by atoms with Crippen LogP contribution in [-0.4, -0.2) is 178 Å². The standard InChI is InChI=1S/C20H18F9NO6S3.C16H11F9NO6S2.C12H12O2.C10H16N.C4H8OS/c21-17(22,19(25,26)27)18(23,24)20(28,29)38(31,32)30-39(33,34)36-10-9-35-15-7-8-16(37-11-3-4-12-37)14-6-2-1-5-13(14)15;17-13(18,15(21,22)23)14(19,20)16(24,25)33(27,28)26-34(29,30)32-9-8-31-12-7-3-5-10-4-1-2-6-11(10)12;13-8-9-14-12-7-3-5-10-4-1-2-6-11(10)12;1-11(2,3)9-10-7-5-4-6-8-10;5-6-3-1-2-4-6/h1-2,5-8H,3-4,9-12H2;1-7H,8-9H2;1-7,13H,8-9H2;4-8H,9H2,1-3H3;1-4H2/q;-1;;+1;. The second-order valence-electron chi connectivity index (χ2n) is 22.9. The van der Waals surface area contributed by atoms with Crippen LogP contribution >= 0.6 is 0 Å². The maximum atomic E-state index is 13.7. The zero-order valence-corrected chi connectivity index (χ0v) is 59.2. The van der Waals surface area contributed by atoms with E-state index in [0.717, 1.165) is 73.7 Å². The maximum absolute atomic E-state index is 13.7. The summed E-state index contributed by atoms with van der Waals surface area (Å²) in [5, 5.41) is -0.978. The molecule has 0 amide bonds. The summed E-state index contributed by atoms with van der Waals surface area (Å²) >= 11 is 0. The van der Waals surface area contributed by atoms with Gasteiger partial charge in [0.25, 0.3) is 0 Å². The fraction of sp³-hybridized carbons (Fsp3) is 0.419. The number of aliphatic hydroxyl groups is 1. The number of aliphatic hydroxyl groups excluding tert-OH is 1. The average Bonchev–Trinajstić information content (AvgIpc) is 0.825. The molecule has 0 saturated carbocycles. The van der Waals surface area contributed by atoms with Crippen LogP contribution in [-0.2, 0) is 77.3 Å². The summed E-state index contributed by atoms with van der Waals surface area (Å²) in [7, 11) is -21.0. The summed E-state index contributed by atoms with van der Waals surface area (Å²) in [6.07, 6.45) is -10.1. The van der Waals surface area contributed by atoms with Crippen LogP contribution in [0, 0.1) is 0 Å². The molecular formula is C62H65F18N3O15S6. The first kappa shape index (κ1) is 88.2. The van der Waals surface area contributed by atoms with Crippen molar-refractivity contribution in [3.05, 3.63) is 165 Å². The average molecular weight is 1630 g/mol. The van der Waals surface area contributed by atoms with E-state index in [2.05, 4.69) is 59.8 Å². The normalized spacial score (nSPS) is 15.0. The van der Waals surface area contributed by atoms with E-state index in [1.807, 2.05) is 54.6 Å². The molecule has 18 nitrogen and oxygen atoms in total. The van der Waals surface area contributed by atoms with Crippen molar-refractivity contribution in [3.8, 4) is 17.2 Å². The minimum atomic E-state index is -7.63. The number of rotatable bonds is 26. The molecule has 0 spiro atoms. The van der Waals surface area contributed by atoms with E-state index in [0.29, 0.717) is 22.8 Å². The molecule has 0 atom stereocenters. The van der Waals surface area contributed by atoms with E-state index >= 15 is 0 Å². The van der Waals surface area contributed by atoms with Crippen molar-refractivity contribution in [3.63, 3.8) is 0 Å². The third-order valence-electron chi connectivity index (χ3n) is 13.9. The van der Waals surface area contributed by atoms with Crippen LogP contribution < -0.4 is 14.2 Å². The second kappa shape index (κ2) is 35.5. The minimum absolute atomic E-state index is 0.0200. The molecule has 2 aliphatic rings.